The van der Waals surface area contributed by atoms with Gasteiger partial charge < -0.3 is 15.4 Å². The van der Waals surface area contributed by atoms with Crippen LogP contribution in [0.4, 0.5) is 0 Å². The molecule has 5 nitrogen and oxygen atoms in total. The summed E-state index contributed by atoms with van der Waals surface area (Å²) < 4.78 is 4.55. The van der Waals surface area contributed by atoms with E-state index >= 15 is 0 Å². The summed E-state index contributed by atoms with van der Waals surface area (Å²) in [6, 6.07) is 10.4. The number of carbonyl (C=O) groups excluding carboxylic acids is 2. The zero-order valence-corrected chi connectivity index (χ0v) is 20.2. The highest BCUT2D eigenvalue weighted by molar-refractivity contribution is 5.78. The van der Waals surface area contributed by atoms with Gasteiger partial charge in [0, 0.05) is 18.5 Å². The van der Waals surface area contributed by atoms with E-state index in [0.29, 0.717) is 18.9 Å². The maximum Gasteiger partial charge on any atom is 0.293 e. The van der Waals surface area contributed by atoms with Gasteiger partial charge in [-0.05, 0) is 52.1 Å². The number of likely N-dealkylation sites (N-methyl/N-ethyl adjacent to an activating group) is 1. The van der Waals surface area contributed by atoms with E-state index in [0.717, 1.165) is 12.8 Å². The molecule has 0 bridgehead atoms. The van der Waals surface area contributed by atoms with Crippen molar-refractivity contribution in [2.24, 2.45) is 11.8 Å². The van der Waals surface area contributed by atoms with Gasteiger partial charge in [-0.2, -0.15) is 0 Å². The van der Waals surface area contributed by atoms with E-state index in [-0.39, 0.29) is 23.5 Å². The molecule has 3 atom stereocenters. The fraction of sp³-hybridized carbons (Fsp3) is 0.680. The average Bonchev–Trinajstić information content (AvgIpc) is 2.69. The van der Waals surface area contributed by atoms with Crippen LogP contribution in [-0.2, 0) is 14.3 Å². The van der Waals surface area contributed by atoms with Gasteiger partial charge in [-0.25, -0.2) is 0 Å². The quantitative estimate of drug-likeness (QED) is 0.616. The molecule has 3 unspecified atom stereocenters. The van der Waals surface area contributed by atoms with Crippen molar-refractivity contribution in [2.45, 2.75) is 85.3 Å². The molecule has 172 valence electrons. The third kappa shape index (κ3) is 13.4. The van der Waals surface area contributed by atoms with Crippen LogP contribution in [0.25, 0.3) is 0 Å². The van der Waals surface area contributed by atoms with E-state index in [1.807, 2.05) is 46.0 Å². The zero-order valence-electron chi connectivity index (χ0n) is 20.2. The second-order valence-electron chi connectivity index (χ2n) is 9.00. The standard InChI is InChI=1S/C17H26N2O.C5H10O2.C3H8/c1-13-7-6-10-15(11-13)17(20)19-12-16(18-2)14-8-4-3-5-9-14;1-5(2,3)7-4-6;1-3-2/h3-5,8-9,13,15-16,18H,6-7,10-12H2,1-2H3,(H,19,20);4H,1-3H3;3H2,1-2H3. The fourth-order valence-electron chi connectivity index (χ4n) is 3.24. The van der Waals surface area contributed by atoms with Crippen molar-refractivity contribution < 1.29 is 14.3 Å². The molecule has 1 aromatic rings. The van der Waals surface area contributed by atoms with Gasteiger partial charge in [0.1, 0.15) is 5.60 Å². The molecule has 1 aromatic carbocycles. The lowest BCUT2D eigenvalue weighted by Crippen LogP contribution is -2.38. The van der Waals surface area contributed by atoms with Gasteiger partial charge in [0.05, 0.1) is 0 Å². The molecule has 5 heteroatoms. The van der Waals surface area contributed by atoms with E-state index in [2.05, 4.69) is 48.3 Å². The lowest BCUT2D eigenvalue weighted by Gasteiger charge is -2.26. The van der Waals surface area contributed by atoms with Crippen molar-refractivity contribution in [3.63, 3.8) is 0 Å². The van der Waals surface area contributed by atoms with Crippen molar-refractivity contribution in [1.82, 2.24) is 10.6 Å². The van der Waals surface area contributed by atoms with Crippen LogP contribution in [0.3, 0.4) is 0 Å². The predicted octanol–water partition coefficient (Wildman–Crippen LogP) is 5.26. The normalized spacial score (nSPS) is 19.2. The number of benzene rings is 1. The third-order valence-electron chi connectivity index (χ3n) is 4.74. The van der Waals surface area contributed by atoms with Crippen LogP contribution in [-0.4, -0.2) is 31.6 Å². The van der Waals surface area contributed by atoms with Crippen molar-refractivity contribution >= 4 is 12.4 Å². The molecule has 0 heterocycles. The number of hydrogen-bond donors (Lipinski definition) is 2. The third-order valence-corrected chi connectivity index (χ3v) is 4.74. The lowest BCUT2D eigenvalue weighted by atomic mass is 9.82. The van der Waals surface area contributed by atoms with Crippen LogP contribution in [0.5, 0.6) is 0 Å². The Kier molecular flexibility index (Phi) is 14.9. The van der Waals surface area contributed by atoms with E-state index in [1.165, 1.54) is 24.8 Å². The molecule has 30 heavy (non-hydrogen) atoms. The molecule has 0 radical (unpaired) electrons. The Balaban J connectivity index is 0.000000706. The second kappa shape index (κ2) is 15.9. The van der Waals surface area contributed by atoms with E-state index in [9.17, 15) is 9.59 Å². The number of ether oxygens (including phenoxy) is 1. The lowest BCUT2D eigenvalue weighted by molar-refractivity contribution is -0.138. The van der Waals surface area contributed by atoms with Gasteiger partial charge in [-0.1, -0.05) is 70.4 Å². The van der Waals surface area contributed by atoms with Crippen LogP contribution in [0.2, 0.25) is 0 Å². The number of hydrogen-bond acceptors (Lipinski definition) is 4. The van der Waals surface area contributed by atoms with Crippen molar-refractivity contribution in [2.75, 3.05) is 13.6 Å². The second-order valence-corrected chi connectivity index (χ2v) is 9.00. The Morgan fingerprint density at radius 3 is 2.23 bits per heavy atom. The summed E-state index contributed by atoms with van der Waals surface area (Å²) in [7, 11) is 1.94. The minimum absolute atomic E-state index is 0.182. The molecular formula is C25H44N2O3. The summed E-state index contributed by atoms with van der Waals surface area (Å²) in [5.41, 5.74) is 0.897. The number of carbonyl (C=O) groups is 2. The summed E-state index contributed by atoms with van der Waals surface area (Å²) in [5, 5.41) is 6.39. The molecule has 1 aliphatic rings. The first-order chi connectivity index (χ1) is 14.2. The summed E-state index contributed by atoms with van der Waals surface area (Å²) in [6.07, 6.45) is 5.80. The zero-order chi connectivity index (χ0) is 23.0. The SMILES string of the molecule is CC(C)(C)OC=O.CCC.CNC(CNC(=O)C1CCCC(C)C1)c1ccccc1. The van der Waals surface area contributed by atoms with Crippen LogP contribution in [0.1, 0.15) is 85.3 Å². The molecule has 0 saturated heterocycles. The maximum atomic E-state index is 12.3. The number of amides is 1. The summed E-state index contributed by atoms with van der Waals surface area (Å²) in [6.45, 7) is 13.1. The minimum atomic E-state index is -0.318. The van der Waals surface area contributed by atoms with Crippen LogP contribution in [0.15, 0.2) is 30.3 Å². The first kappa shape index (κ1) is 28.1. The first-order valence-electron chi connectivity index (χ1n) is 11.3. The van der Waals surface area contributed by atoms with Gasteiger partial charge in [-0.3, -0.25) is 9.59 Å². The van der Waals surface area contributed by atoms with Gasteiger partial charge >= 0.3 is 0 Å². The van der Waals surface area contributed by atoms with Crippen molar-refractivity contribution in [3.05, 3.63) is 35.9 Å². The Bertz CT molecular complexity index is 570. The molecule has 0 spiro atoms. The van der Waals surface area contributed by atoms with Crippen molar-refractivity contribution in [1.29, 1.82) is 0 Å². The summed E-state index contributed by atoms with van der Waals surface area (Å²) in [5.74, 6) is 1.13. The monoisotopic (exact) mass is 420 g/mol. The molecule has 0 aromatic heterocycles. The van der Waals surface area contributed by atoms with E-state index < -0.39 is 0 Å². The Morgan fingerprint density at radius 1 is 1.20 bits per heavy atom. The van der Waals surface area contributed by atoms with Crippen LogP contribution < -0.4 is 10.6 Å². The first-order valence-corrected chi connectivity index (χ1v) is 11.3. The largest absolute Gasteiger partial charge is 0.462 e. The molecule has 1 fully saturated rings. The molecule has 0 aliphatic heterocycles. The topological polar surface area (TPSA) is 67.4 Å². The highest BCUT2D eigenvalue weighted by Crippen LogP contribution is 2.28. The molecule has 1 aliphatic carbocycles. The maximum absolute atomic E-state index is 12.3. The molecule has 2 rings (SSSR count). The average molecular weight is 421 g/mol. The van der Waals surface area contributed by atoms with Crippen LogP contribution in [0, 0.1) is 11.8 Å². The highest BCUT2D eigenvalue weighted by atomic mass is 16.5. The van der Waals surface area contributed by atoms with E-state index in [1.54, 1.807) is 0 Å². The van der Waals surface area contributed by atoms with Crippen LogP contribution >= 0.6 is 0 Å². The van der Waals surface area contributed by atoms with E-state index in [4.69, 9.17) is 0 Å². The van der Waals surface area contributed by atoms with Gasteiger partial charge in [0.2, 0.25) is 5.91 Å². The molecule has 1 saturated carbocycles. The minimum Gasteiger partial charge on any atom is -0.462 e. The Hall–Kier alpha value is -1.88. The van der Waals surface area contributed by atoms with Crippen molar-refractivity contribution in [3.8, 4) is 0 Å². The Morgan fingerprint density at radius 2 is 1.80 bits per heavy atom. The number of rotatable bonds is 6. The van der Waals surface area contributed by atoms with Gasteiger partial charge in [0.25, 0.3) is 6.47 Å². The summed E-state index contributed by atoms with van der Waals surface area (Å²) >= 11 is 0. The summed E-state index contributed by atoms with van der Waals surface area (Å²) in [4.78, 5) is 21.9. The smallest absolute Gasteiger partial charge is 0.293 e. The van der Waals surface area contributed by atoms with Gasteiger partial charge in [-0.15, -0.1) is 0 Å². The molecule has 1 amide bonds. The molecular weight excluding hydrogens is 376 g/mol. The number of nitrogens with one attached hydrogen (secondary N) is 2. The van der Waals surface area contributed by atoms with Gasteiger partial charge in [0.15, 0.2) is 0 Å². The Labute approximate surface area is 184 Å². The fourth-order valence-corrected chi connectivity index (χ4v) is 3.24. The predicted molar refractivity (Wildman–Crippen MR) is 125 cm³/mol. The highest BCUT2D eigenvalue weighted by Gasteiger charge is 2.25. The molecule has 2 N–H and O–H groups in total.